The molecule has 0 bridgehead atoms. The third-order valence-corrected chi connectivity index (χ3v) is 6.80. The molecule has 9 heteroatoms. The first-order valence-corrected chi connectivity index (χ1v) is 12.2. The Kier molecular flexibility index (Phi) is 6.92. The maximum Gasteiger partial charge on any atom is 0.335 e. The summed E-state index contributed by atoms with van der Waals surface area (Å²) in [6.07, 6.45) is 6.86. The van der Waals surface area contributed by atoms with Crippen LogP contribution in [0.15, 0.2) is 76.7 Å². The number of piperazine rings is 1. The summed E-state index contributed by atoms with van der Waals surface area (Å²) < 4.78 is 2.88. The molecule has 3 aromatic heterocycles. The molecule has 1 aromatic carbocycles. The van der Waals surface area contributed by atoms with Crippen molar-refractivity contribution in [3.05, 3.63) is 93.0 Å². The Hall–Kier alpha value is -3.49. The van der Waals surface area contributed by atoms with E-state index in [4.69, 9.17) is 11.6 Å². The van der Waals surface area contributed by atoms with E-state index in [1.54, 1.807) is 36.8 Å². The zero-order chi connectivity index (χ0) is 24.2. The predicted molar refractivity (Wildman–Crippen MR) is 138 cm³/mol. The summed E-state index contributed by atoms with van der Waals surface area (Å²) in [6.45, 7) is 4.93. The summed E-state index contributed by atoms with van der Waals surface area (Å²) in [5.74, 6) is 0.776. The summed E-state index contributed by atoms with van der Waals surface area (Å²) in [6, 6.07) is 14.5. The maximum atomic E-state index is 13.5. The van der Waals surface area contributed by atoms with Crippen LogP contribution in [0.5, 0.6) is 0 Å². The molecule has 0 amide bonds. The van der Waals surface area contributed by atoms with Crippen LogP contribution in [0.4, 0.5) is 5.95 Å². The minimum Gasteiger partial charge on any atom is -0.338 e. The van der Waals surface area contributed by atoms with Gasteiger partial charge in [0.15, 0.2) is 0 Å². The lowest BCUT2D eigenvalue weighted by Gasteiger charge is -2.34. The summed E-state index contributed by atoms with van der Waals surface area (Å²) in [7, 11) is 0. The van der Waals surface area contributed by atoms with Gasteiger partial charge in [0.1, 0.15) is 0 Å². The highest BCUT2D eigenvalue weighted by atomic mass is 35.5. The standard InChI is InChI=1S/C26H27ClN6O2/c27-21-9-2-1-8-20(21)23-22-10-3-4-14-32(22)26(35)33(24(23)34)15-6-5-13-30-16-18-31(19-17-30)25-28-11-7-12-29-25/h1-4,7-12,14H,5-6,13,15-19H2. The van der Waals surface area contributed by atoms with Crippen molar-refractivity contribution in [3.8, 4) is 11.1 Å². The number of unbranched alkanes of at least 4 members (excludes halogenated alkanes) is 1. The molecule has 1 saturated heterocycles. The Morgan fingerprint density at radius 2 is 1.54 bits per heavy atom. The summed E-state index contributed by atoms with van der Waals surface area (Å²) in [5, 5.41) is 0.487. The smallest absolute Gasteiger partial charge is 0.335 e. The molecule has 0 saturated carbocycles. The van der Waals surface area contributed by atoms with Crippen molar-refractivity contribution in [2.75, 3.05) is 37.6 Å². The lowest BCUT2D eigenvalue weighted by molar-refractivity contribution is 0.250. The van der Waals surface area contributed by atoms with Crippen molar-refractivity contribution in [1.82, 2.24) is 23.8 Å². The highest BCUT2D eigenvalue weighted by Gasteiger charge is 2.19. The number of halogens is 1. The van der Waals surface area contributed by atoms with Crippen LogP contribution >= 0.6 is 11.6 Å². The number of fused-ring (bicyclic) bond motifs is 1. The number of pyridine rings is 1. The van der Waals surface area contributed by atoms with E-state index >= 15 is 0 Å². The van der Waals surface area contributed by atoms with Crippen LogP contribution < -0.4 is 16.1 Å². The SMILES string of the molecule is O=c1c(-c2ccccc2Cl)c2ccccn2c(=O)n1CCCCN1CCN(c2ncccn2)CC1. The quantitative estimate of drug-likeness (QED) is 0.370. The number of hydrogen-bond acceptors (Lipinski definition) is 6. The second-order valence-corrected chi connectivity index (χ2v) is 9.04. The molecule has 4 heterocycles. The number of rotatable bonds is 7. The monoisotopic (exact) mass is 490 g/mol. The van der Waals surface area contributed by atoms with Gasteiger partial charge in [0.25, 0.3) is 5.56 Å². The van der Waals surface area contributed by atoms with Gasteiger partial charge in [-0.2, -0.15) is 0 Å². The molecule has 5 rings (SSSR count). The summed E-state index contributed by atoms with van der Waals surface area (Å²) in [5.41, 5.74) is 1.03. The van der Waals surface area contributed by atoms with Gasteiger partial charge in [0.05, 0.1) is 11.1 Å². The molecular formula is C26H27ClN6O2. The van der Waals surface area contributed by atoms with E-state index in [1.807, 2.05) is 30.3 Å². The zero-order valence-corrected chi connectivity index (χ0v) is 20.1. The normalized spacial score (nSPS) is 14.5. The number of anilines is 1. The van der Waals surface area contributed by atoms with Gasteiger partial charge in [-0.05, 0) is 43.7 Å². The second-order valence-electron chi connectivity index (χ2n) is 8.63. The molecule has 0 radical (unpaired) electrons. The molecule has 0 N–H and O–H groups in total. The molecule has 1 aliphatic rings. The van der Waals surface area contributed by atoms with Crippen LogP contribution in [0.1, 0.15) is 12.8 Å². The van der Waals surface area contributed by atoms with Crippen LogP contribution in [0, 0.1) is 0 Å². The number of aromatic nitrogens is 4. The summed E-state index contributed by atoms with van der Waals surface area (Å²) in [4.78, 5) is 39.9. The van der Waals surface area contributed by atoms with Gasteiger partial charge in [0, 0.05) is 61.9 Å². The lowest BCUT2D eigenvalue weighted by Crippen LogP contribution is -2.47. The van der Waals surface area contributed by atoms with Crippen LogP contribution in [0.2, 0.25) is 5.02 Å². The van der Waals surface area contributed by atoms with Gasteiger partial charge in [0.2, 0.25) is 5.95 Å². The van der Waals surface area contributed by atoms with Crippen molar-refractivity contribution in [2.24, 2.45) is 0 Å². The Bertz CT molecular complexity index is 1430. The molecule has 4 aromatic rings. The third-order valence-electron chi connectivity index (χ3n) is 6.47. The third kappa shape index (κ3) is 4.85. The molecule has 180 valence electrons. The fourth-order valence-electron chi connectivity index (χ4n) is 4.62. The minimum atomic E-state index is -0.321. The van der Waals surface area contributed by atoms with Gasteiger partial charge >= 0.3 is 5.69 Å². The molecule has 0 unspecified atom stereocenters. The summed E-state index contributed by atoms with van der Waals surface area (Å²) >= 11 is 6.43. The molecule has 0 aliphatic carbocycles. The number of hydrogen-bond donors (Lipinski definition) is 0. The van der Waals surface area contributed by atoms with Crippen molar-refractivity contribution in [1.29, 1.82) is 0 Å². The van der Waals surface area contributed by atoms with E-state index in [-0.39, 0.29) is 11.2 Å². The van der Waals surface area contributed by atoms with Crippen LogP contribution in [0.25, 0.3) is 16.6 Å². The van der Waals surface area contributed by atoms with Gasteiger partial charge in [-0.3, -0.25) is 18.7 Å². The minimum absolute atomic E-state index is 0.300. The first kappa shape index (κ1) is 23.3. The van der Waals surface area contributed by atoms with Crippen LogP contribution in [-0.2, 0) is 6.54 Å². The lowest BCUT2D eigenvalue weighted by atomic mass is 10.1. The van der Waals surface area contributed by atoms with Crippen molar-refractivity contribution in [3.63, 3.8) is 0 Å². The van der Waals surface area contributed by atoms with Crippen LogP contribution in [-0.4, -0.2) is 56.6 Å². The average Bonchev–Trinajstić information content (AvgIpc) is 2.90. The molecule has 8 nitrogen and oxygen atoms in total. The fourth-order valence-corrected chi connectivity index (χ4v) is 4.85. The molecule has 1 fully saturated rings. The van der Waals surface area contributed by atoms with E-state index in [1.165, 1.54) is 8.97 Å². The van der Waals surface area contributed by atoms with Gasteiger partial charge < -0.3 is 4.90 Å². The van der Waals surface area contributed by atoms with E-state index in [9.17, 15) is 9.59 Å². The van der Waals surface area contributed by atoms with Gasteiger partial charge in [-0.15, -0.1) is 0 Å². The molecule has 0 spiro atoms. The van der Waals surface area contributed by atoms with Gasteiger partial charge in [-0.25, -0.2) is 14.8 Å². The van der Waals surface area contributed by atoms with Crippen LogP contribution in [0.3, 0.4) is 0 Å². The average molecular weight is 491 g/mol. The van der Waals surface area contributed by atoms with E-state index in [0.717, 1.165) is 51.5 Å². The van der Waals surface area contributed by atoms with Crippen molar-refractivity contribution in [2.45, 2.75) is 19.4 Å². The zero-order valence-electron chi connectivity index (χ0n) is 19.4. The highest BCUT2D eigenvalue weighted by molar-refractivity contribution is 6.33. The molecular weight excluding hydrogens is 464 g/mol. The maximum absolute atomic E-state index is 13.5. The van der Waals surface area contributed by atoms with E-state index in [2.05, 4.69) is 19.8 Å². The number of benzene rings is 1. The van der Waals surface area contributed by atoms with E-state index < -0.39 is 0 Å². The molecule has 0 atom stereocenters. The van der Waals surface area contributed by atoms with Crippen molar-refractivity contribution < 1.29 is 0 Å². The van der Waals surface area contributed by atoms with E-state index in [0.29, 0.717) is 28.2 Å². The highest BCUT2D eigenvalue weighted by Crippen LogP contribution is 2.27. The largest absolute Gasteiger partial charge is 0.338 e. The van der Waals surface area contributed by atoms with Crippen molar-refractivity contribution >= 4 is 23.1 Å². The Morgan fingerprint density at radius 1 is 0.829 bits per heavy atom. The molecule has 1 aliphatic heterocycles. The topological polar surface area (TPSA) is 75.7 Å². The first-order chi connectivity index (χ1) is 17.1. The Labute approximate surface area is 208 Å². The second kappa shape index (κ2) is 10.4. The fraction of sp³-hybridized carbons (Fsp3) is 0.308. The molecule has 35 heavy (non-hydrogen) atoms. The van der Waals surface area contributed by atoms with Gasteiger partial charge in [-0.1, -0.05) is 35.9 Å². The predicted octanol–water partition coefficient (Wildman–Crippen LogP) is 3.17. The first-order valence-electron chi connectivity index (χ1n) is 11.9. The number of nitrogens with zero attached hydrogens (tertiary/aromatic N) is 6. The Morgan fingerprint density at radius 3 is 2.31 bits per heavy atom. The Balaban J connectivity index is 1.28.